The zero-order valence-electron chi connectivity index (χ0n) is 7.63. The highest BCUT2D eigenvalue weighted by molar-refractivity contribution is 9.24. The predicted molar refractivity (Wildman–Crippen MR) is 62.8 cm³/mol. The van der Waals surface area contributed by atoms with Gasteiger partial charge >= 0.3 is 0 Å². The molecule has 0 atom stereocenters. The van der Waals surface area contributed by atoms with Crippen molar-refractivity contribution >= 4 is 31.9 Å². The summed E-state index contributed by atoms with van der Waals surface area (Å²) in [6.07, 6.45) is 0.222. The van der Waals surface area contributed by atoms with Gasteiger partial charge in [0.25, 0.3) is 0 Å². The van der Waals surface area contributed by atoms with Gasteiger partial charge in [-0.05, 0) is 31.5 Å². The molecule has 0 aromatic heterocycles. The normalized spacial score (nSPS) is 10.9. The first-order chi connectivity index (χ1) is 6.09. The van der Waals surface area contributed by atoms with Crippen LogP contribution in [-0.2, 0) is 0 Å². The summed E-state index contributed by atoms with van der Waals surface area (Å²) >= 11 is 6.89. The van der Waals surface area contributed by atoms with Gasteiger partial charge in [-0.2, -0.15) is 0 Å². The van der Waals surface area contributed by atoms with E-state index in [2.05, 4.69) is 31.9 Å². The number of rotatable bonds is 3. The Balaban J connectivity index is 2.79. The van der Waals surface area contributed by atoms with E-state index in [9.17, 15) is 0 Å². The number of hydrogen-bond acceptors (Lipinski definition) is 1. The second kappa shape index (κ2) is 5.01. The highest BCUT2D eigenvalue weighted by Crippen LogP contribution is 2.31. The Kier molecular flexibility index (Phi) is 4.26. The molecule has 0 aliphatic heterocycles. The number of alkyl halides is 2. The van der Waals surface area contributed by atoms with Crippen LogP contribution in [0.1, 0.15) is 23.1 Å². The van der Waals surface area contributed by atoms with Crippen molar-refractivity contribution in [2.75, 3.05) is 0 Å². The maximum atomic E-state index is 5.56. The predicted octanol–water partition coefficient (Wildman–Crippen LogP) is 4.26. The molecule has 0 aliphatic carbocycles. The van der Waals surface area contributed by atoms with Gasteiger partial charge in [0.2, 0.25) is 0 Å². The number of ether oxygens (including phenoxy) is 1. The van der Waals surface area contributed by atoms with Gasteiger partial charge in [0, 0.05) is 0 Å². The average molecular weight is 308 g/mol. The Bertz CT molecular complexity index is 271. The van der Waals surface area contributed by atoms with E-state index in [4.69, 9.17) is 4.74 Å². The minimum Gasteiger partial charge on any atom is -0.491 e. The van der Waals surface area contributed by atoms with Crippen LogP contribution in [0.3, 0.4) is 0 Å². The molecule has 0 saturated carbocycles. The van der Waals surface area contributed by atoms with Crippen LogP contribution in [0, 0.1) is 0 Å². The summed E-state index contributed by atoms with van der Waals surface area (Å²) in [5.41, 5.74) is 1.16. The number of hydrogen-bond donors (Lipinski definition) is 0. The minimum atomic E-state index is 0.190. The maximum Gasteiger partial charge on any atom is 0.120 e. The Morgan fingerprint density at radius 3 is 2.46 bits per heavy atom. The quantitative estimate of drug-likeness (QED) is 0.758. The summed E-state index contributed by atoms with van der Waals surface area (Å²) < 4.78 is 5.75. The molecule has 1 rings (SSSR count). The van der Waals surface area contributed by atoms with Crippen molar-refractivity contribution in [1.82, 2.24) is 0 Å². The van der Waals surface area contributed by atoms with E-state index >= 15 is 0 Å². The van der Waals surface area contributed by atoms with Crippen LogP contribution >= 0.6 is 31.9 Å². The number of halogens is 2. The lowest BCUT2D eigenvalue weighted by Crippen LogP contribution is -2.05. The third-order valence-electron chi connectivity index (χ3n) is 1.48. The average Bonchev–Trinajstić information content (AvgIpc) is 2.03. The summed E-state index contributed by atoms with van der Waals surface area (Å²) in [5.74, 6) is 0.913. The molecule has 0 N–H and O–H groups in total. The van der Waals surface area contributed by atoms with E-state index in [-0.39, 0.29) is 9.84 Å². The zero-order chi connectivity index (χ0) is 9.84. The molecule has 0 aliphatic rings. The summed E-state index contributed by atoms with van der Waals surface area (Å²) in [6.45, 7) is 4.04. The van der Waals surface area contributed by atoms with Gasteiger partial charge < -0.3 is 4.74 Å². The van der Waals surface area contributed by atoms with Crippen molar-refractivity contribution in [1.29, 1.82) is 0 Å². The molecular weight excluding hydrogens is 296 g/mol. The fraction of sp³-hybridized carbons (Fsp3) is 0.400. The van der Waals surface area contributed by atoms with Crippen LogP contribution in [0.4, 0.5) is 0 Å². The first-order valence-corrected chi connectivity index (χ1v) is 5.97. The maximum absolute atomic E-state index is 5.56. The molecule has 0 radical (unpaired) electrons. The van der Waals surface area contributed by atoms with Crippen molar-refractivity contribution in [2.45, 2.75) is 23.7 Å². The van der Waals surface area contributed by atoms with E-state index in [0.29, 0.717) is 0 Å². The van der Waals surface area contributed by atoms with E-state index in [1.165, 1.54) is 0 Å². The molecule has 13 heavy (non-hydrogen) atoms. The minimum absolute atomic E-state index is 0.190. The van der Waals surface area contributed by atoms with Crippen LogP contribution < -0.4 is 4.74 Å². The Morgan fingerprint density at radius 2 is 1.92 bits per heavy atom. The Hall–Kier alpha value is -0.0200. The molecule has 0 heterocycles. The Morgan fingerprint density at radius 1 is 1.23 bits per heavy atom. The van der Waals surface area contributed by atoms with Crippen LogP contribution in [0.2, 0.25) is 0 Å². The highest BCUT2D eigenvalue weighted by atomic mass is 79.9. The summed E-state index contributed by atoms with van der Waals surface area (Å²) in [7, 11) is 0. The lowest BCUT2D eigenvalue weighted by molar-refractivity contribution is 0.242. The monoisotopic (exact) mass is 306 g/mol. The topological polar surface area (TPSA) is 9.23 Å². The van der Waals surface area contributed by atoms with Gasteiger partial charge in [0.15, 0.2) is 0 Å². The molecular formula is C10H12Br2O. The van der Waals surface area contributed by atoms with E-state index in [1.807, 2.05) is 38.1 Å². The standard InChI is InChI=1S/C10H12Br2O/c1-7(2)13-9-5-3-4-8(6-9)10(11)12/h3-7,10H,1-2H3. The van der Waals surface area contributed by atoms with Crippen molar-refractivity contribution in [2.24, 2.45) is 0 Å². The summed E-state index contributed by atoms with van der Waals surface area (Å²) in [4.78, 5) is 0. The van der Waals surface area contributed by atoms with Crippen molar-refractivity contribution < 1.29 is 4.74 Å². The largest absolute Gasteiger partial charge is 0.491 e. The smallest absolute Gasteiger partial charge is 0.120 e. The van der Waals surface area contributed by atoms with Crippen LogP contribution in [-0.4, -0.2) is 6.10 Å². The van der Waals surface area contributed by atoms with Gasteiger partial charge in [-0.3, -0.25) is 0 Å². The number of benzene rings is 1. The molecule has 0 unspecified atom stereocenters. The van der Waals surface area contributed by atoms with E-state index < -0.39 is 0 Å². The van der Waals surface area contributed by atoms with Crippen molar-refractivity contribution in [3.05, 3.63) is 29.8 Å². The van der Waals surface area contributed by atoms with Crippen molar-refractivity contribution in [3.63, 3.8) is 0 Å². The molecule has 0 spiro atoms. The molecule has 1 nitrogen and oxygen atoms in total. The third-order valence-corrected chi connectivity index (χ3v) is 2.54. The molecule has 0 saturated heterocycles. The molecule has 0 bridgehead atoms. The lowest BCUT2D eigenvalue weighted by atomic mass is 10.2. The lowest BCUT2D eigenvalue weighted by Gasteiger charge is -2.11. The fourth-order valence-corrected chi connectivity index (χ4v) is 1.57. The van der Waals surface area contributed by atoms with Gasteiger partial charge in [-0.1, -0.05) is 44.0 Å². The van der Waals surface area contributed by atoms with Gasteiger partial charge in [0.1, 0.15) is 5.75 Å². The third kappa shape index (κ3) is 3.69. The molecule has 0 amide bonds. The van der Waals surface area contributed by atoms with Gasteiger partial charge in [0.05, 0.1) is 9.84 Å². The summed E-state index contributed by atoms with van der Waals surface area (Å²) in [6, 6.07) is 8.02. The van der Waals surface area contributed by atoms with Gasteiger partial charge in [-0.15, -0.1) is 0 Å². The van der Waals surface area contributed by atoms with Crippen LogP contribution in [0.15, 0.2) is 24.3 Å². The molecule has 1 aromatic rings. The van der Waals surface area contributed by atoms with Crippen LogP contribution in [0.5, 0.6) is 5.75 Å². The second-order valence-corrected chi connectivity index (χ2v) is 6.10. The molecule has 1 aromatic carbocycles. The van der Waals surface area contributed by atoms with Gasteiger partial charge in [-0.25, -0.2) is 0 Å². The molecule has 3 heteroatoms. The molecule has 72 valence electrons. The van der Waals surface area contributed by atoms with E-state index in [0.717, 1.165) is 11.3 Å². The zero-order valence-corrected chi connectivity index (χ0v) is 10.8. The van der Waals surface area contributed by atoms with E-state index in [1.54, 1.807) is 0 Å². The fourth-order valence-electron chi connectivity index (χ4n) is 0.996. The SMILES string of the molecule is CC(C)Oc1cccc(C(Br)Br)c1. The first-order valence-electron chi connectivity index (χ1n) is 4.14. The van der Waals surface area contributed by atoms with Crippen LogP contribution in [0.25, 0.3) is 0 Å². The summed E-state index contributed by atoms with van der Waals surface area (Å²) in [5, 5.41) is 0. The molecule has 0 fully saturated rings. The Labute approximate surface area is 95.7 Å². The highest BCUT2D eigenvalue weighted by Gasteiger charge is 2.04. The first kappa shape index (κ1) is 11.1. The second-order valence-electron chi connectivity index (χ2n) is 3.04. The van der Waals surface area contributed by atoms with Crippen molar-refractivity contribution in [3.8, 4) is 5.75 Å².